The second kappa shape index (κ2) is 5.39. The molecule has 0 radical (unpaired) electrons. The van der Waals surface area contributed by atoms with Crippen molar-refractivity contribution in [3.8, 4) is 12.3 Å². The Balaban J connectivity index is 3.00. The van der Waals surface area contributed by atoms with E-state index in [9.17, 15) is 4.79 Å². The summed E-state index contributed by atoms with van der Waals surface area (Å²) in [5.41, 5.74) is 7.30. The molecule has 0 bridgehead atoms. The number of aromatic nitrogens is 2. The molecule has 5 heteroatoms. The lowest BCUT2D eigenvalue weighted by Crippen LogP contribution is -2.35. The number of rotatable bonds is 4. The van der Waals surface area contributed by atoms with Crippen LogP contribution in [0.4, 0.5) is 5.69 Å². The largest absolute Gasteiger partial charge is 0.395 e. The van der Waals surface area contributed by atoms with Crippen molar-refractivity contribution < 1.29 is 4.79 Å². The third-order valence-electron chi connectivity index (χ3n) is 2.60. The average Bonchev–Trinajstić information content (AvgIpc) is 2.62. The number of nitrogen functional groups attached to an aromatic ring is 1. The highest BCUT2D eigenvalue weighted by Crippen LogP contribution is 2.16. The van der Waals surface area contributed by atoms with Gasteiger partial charge < -0.3 is 11.1 Å². The van der Waals surface area contributed by atoms with Crippen molar-refractivity contribution >= 4 is 11.6 Å². The Morgan fingerprint density at radius 1 is 1.65 bits per heavy atom. The number of nitrogens with zero attached hydrogens (tertiary/aromatic N) is 2. The zero-order chi connectivity index (χ0) is 13.0. The predicted octanol–water partition coefficient (Wildman–Crippen LogP) is 0.935. The van der Waals surface area contributed by atoms with Crippen molar-refractivity contribution in [1.82, 2.24) is 15.1 Å². The van der Waals surface area contributed by atoms with Crippen LogP contribution in [-0.2, 0) is 6.54 Å². The molecule has 1 atom stereocenters. The van der Waals surface area contributed by atoms with Gasteiger partial charge >= 0.3 is 0 Å². The zero-order valence-corrected chi connectivity index (χ0v) is 10.4. The molecular weight excluding hydrogens is 216 g/mol. The molecule has 1 aromatic heterocycles. The maximum Gasteiger partial charge on any atom is 0.272 e. The molecule has 1 rings (SSSR count). The molecule has 0 aliphatic carbocycles. The monoisotopic (exact) mass is 234 g/mol. The molecule has 0 fully saturated rings. The summed E-state index contributed by atoms with van der Waals surface area (Å²) in [5.74, 6) is 2.24. The standard InChI is InChI=1S/C12H18N4O/c1-5-9(6-2)14-12(17)11-10(13)8(4)15-16(11)7-3/h1,9H,6-7,13H2,2-4H3,(H,14,17). The highest BCUT2D eigenvalue weighted by Gasteiger charge is 2.20. The number of nitrogens with one attached hydrogen (secondary N) is 1. The van der Waals surface area contributed by atoms with Crippen LogP contribution < -0.4 is 11.1 Å². The highest BCUT2D eigenvalue weighted by atomic mass is 16.2. The van der Waals surface area contributed by atoms with Gasteiger partial charge in [-0.25, -0.2) is 0 Å². The van der Waals surface area contributed by atoms with E-state index >= 15 is 0 Å². The van der Waals surface area contributed by atoms with Crippen LogP contribution in [0.25, 0.3) is 0 Å². The highest BCUT2D eigenvalue weighted by molar-refractivity contribution is 5.98. The normalized spacial score (nSPS) is 11.9. The van der Waals surface area contributed by atoms with Crippen LogP contribution >= 0.6 is 0 Å². The zero-order valence-electron chi connectivity index (χ0n) is 10.4. The fraction of sp³-hybridized carbons (Fsp3) is 0.500. The van der Waals surface area contributed by atoms with E-state index in [0.29, 0.717) is 30.0 Å². The number of terminal acetylenes is 1. The van der Waals surface area contributed by atoms with E-state index in [0.717, 1.165) is 0 Å². The molecule has 5 nitrogen and oxygen atoms in total. The van der Waals surface area contributed by atoms with Crippen molar-refractivity contribution in [2.24, 2.45) is 0 Å². The van der Waals surface area contributed by atoms with E-state index < -0.39 is 0 Å². The Labute approximate surface area is 101 Å². The molecule has 1 unspecified atom stereocenters. The molecule has 0 aliphatic heterocycles. The van der Waals surface area contributed by atoms with E-state index in [1.165, 1.54) is 0 Å². The molecule has 0 spiro atoms. The topological polar surface area (TPSA) is 72.9 Å². The second-order valence-corrected chi connectivity index (χ2v) is 3.76. The summed E-state index contributed by atoms with van der Waals surface area (Å²) < 4.78 is 1.59. The molecule has 3 N–H and O–H groups in total. The summed E-state index contributed by atoms with van der Waals surface area (Å²) in [6.45, 7) is 6.18. The summed E-state index contributed by atoms with van der Waals surface area (Å²) in [6, 6.07) is -0.276. The van der Waals surface area contributed by atoms with E-state index in [-0.39, 0.29) is 11.9 Å². The van der Waals surface area contributed by atoms with Crippen LogP contribution in [0.2, 0.25) is 0 Å². The van der Waals surface area contributed by atoms with Gasteiger partial charge in [-0.3, -0.25) is 9.48 Å². The van der Waals surface area contributed by atoms with Gasteiger partial charge in [0.25, 0.3) is 5.91 Å². The van der Waals surface area contributed by atoms with E-state index in [1.54, 1.807) is 11.6 Å². The van der Waals surface area contributed by atoms with Crippen molar-refractivity contribution in [3.05, 3.63) is 11.4 Å². The molecule has 17 heavy (non-hydrogen) atoms. The second-order valence-electron chi connectivity index (χ2n) is 3.76. The van der Waals surface area contributed by atoms with Crippen LogP contribution in [0.3, 0.4) is 0 Å². The number of anilines is 1. The van der Waals surface area contributed by atoms with Crippen molar-refractivity contribution in [2.75, 3.05) is 5.73 Å². The van der Waals surface area contributed by atoms with E-state index in [2.05, 4.69) is 16.3 Å². The van der Waals surface area contributed by atoms with Crippen LogP contribution in [0.1, 0.15) is 36.5 Å². The Morgan fingerprint density at radius 3 is 2.76 bits per heavy atom. The summed E-state index contributed by atoms with van der Waals surface area (Å²) in [5, 5.41) is 6.93. The summed E-state index contributed by atoms with van der Waals surface area (Å²) in [7, 11) is 0. The minimum Gasteiger partial charge on any atom is -0.395 e. The molecule has 0 aliphatic rings. The lowest BCUT2D eigenvalue weighted by molar-refractivity contribution is 0.0935. The lowest BCUT2D eigenvalue weighted by atomic mass is 10.2. The van der Waals surface area contributed by atoms with Crippen molar-refractivity contribution in [2.45, 2.75) is 39.8 Å². The third kappa shape index (κ3) is 2.59. The fourth-order valence-electron chi connectivity index (χ4n) is 1.55. The fourth-order valence-corrected chi connectivity index (χ4v) is 1.55. The minimum absolute atomic E-state index is 0.269. The minimum atomic E-state index is -0.276. The predicted molar refractivity (Wildman–Crippen MR) is 67.4 cm³/mol. The van der Waals surface area contributed by atoms with Gasteiger partial charge in [-0.2, -0.15) is 5.10 Å². The SMILES string of the molecule is C#CC(CC)NC(=O)c1c(N)c(C)nn1CC. The van der Waals surface area contributed by atoms with Gasteiger partial charge in [-0.1, -0.05) is 12.8 Å². The van der Waals surface area contributed by atoms with Gasteiger partial charge in [0.15, 0.2) is 0 Å². The number of nitrogens with two attached hydrogens (primary N) is 1. The number of carbonyl (C=O) groups excluding carboxylic acids is 1. The molecule has 92 valence electrons. The molecule has 0 saturated heterocycles. The van der Waals surface area contributed by atoms with Gasteiger partial charge in [0.05, 0.1) is 17.4 Å². The van der Waals surface area contributed by atoms with Crippen LogP contribution in [-0.4, -0.2) is 21.7 Å². The maximum atomic E-state index is 12.0. The number of aryl methyl sites for hydroxylation is 2. The van der Waals surface area contributed by atoms with E-state index in [1.807, 2.05) is 13.8 Å². The first-order valence-corrected chi connectivity index (χ1v) is 5.64. The summed E-state index contributed by atoms with van der Waals surface area (Å²) >= 11 is 0. The molecule has 1 aromatic rings. The van der Waals surface area contributed by atoms with Crippen LogP contribution in [0, 0.1) is 19.3 Å². The van der Waals surface area contributed by atoms with Crippen LogP contribution in [0.15, 0.2) is 0 Å². The quantitative estimate of drug-likeness (QED) is 0.761. The number of hydrogen-bond acceptors (Lipinski definition) is 3. The van der Waals surface area contributed by atoms with Gasteiger partial charge in [0.2, 0.25) is 0 Å². The molecule has 1 heterocycles. The van der Waals surface area contributed by atoms with Crippen molar-refractivity contribution in [1.29, 1.82) is 0 Å². The Morgan fingerprint density at radius 2 is 2.29 bits per heavy atom. The Hall–Kier alpha value is -1.96. The maximum absolute atomic E-state index is 12.0. The van der Waals surface area contributed by atoms with Gasteiger partial charge in [-0.05, 0) is 20.3 Å². The van der Waals surface area contributed by atoms with Gasteiger partial charge in [0, 0.05) is 6.54 Å². The third-order valence-corrected chi connectivity index (χ3v) is 2.60. The Kier molecular flexibility index (Phi) is 4.16. The smallest absolute Gasteiger partial charge is 0.272 e. The molecule has 1 amide bonds. The summed E-state index contributed by atoms with van der Waals surface area (Å²) in [4.78, 5) is 12.0. The number of hydrogen-bond donors (Lipinski definition) is 2. The summed E-state index contributed by atoms with van der Waals surface area (Å²) in [6.07, 6.45) is 5.99. The number of amides is 1. The van der Waals surface area contributed by atoms with Crippen molar-refractivity contribution in [3.63, 3.8) is 0 Å². The number of carbonyl (C=O) groups is 1. The molecule has 0 aromatic carbocycles. The van der Waals surface area contributed by atoms with Gasteiger partial charge in [0.1, 0.15) is 5.69 Å². The van der Waals surface area contributed by atoms with Gasteiger partial charge in [-0.15, -0.1) is 6.42 Å². The first-order valence-electron chi connectivity index (χ1n) is 5.64. The van der Waals surface area contributed by atoms with Crippen LogP contribution in [0.5, 0.6) is 0 Å². The molecule has 0 saturated carbocycles. The first kappa shape index (κ1) is 13.1. The molecular formula is C12H18N4O. The lowest BCUT2D eigenvalue weighted by Gasteiger charge is -2.11. The average molecular weight is 234 g/mol. The Bertz CT molecular complexity index is 456. The first-order chi connectivity index (χ1) is 8.04. The van der Waals surface area contributed by atoms with E-state index in [4.69, 9.17) is 12.2 Å².